The molecule has 0 fully saturated rings. The molecule has 6 nitrogen and oxygen atoms in total. The number of ether oxygens (including phenoxy) is 3. The van der Waals surface area contributed by atoms with Gasteiger partial charge in [-0.3, -0.25) is 4.79 Å². The van der Waals surface area contributed by atoms with E-state index in [-0.39, 0.29) is 23.2 Å². The van der Waals surface area contributed by atoms with Gasteiger partial charge in [-0.15, -0.1) is 0 Å². The number of fused-ring (bicyclic) bond motifs is 1. The Labute approximate surface area is 210 Å². The van der Waals surface area contributed by atoms with Crippen molar-refractivity contribution in [1.29, 1.82) is 0 Å². The van der Waals surface area contributed by atoms with Gasteiger partial charge in [-0.05, 0) is 47.2 Å². The molecule has 1 aromatic heterocycles. The summed E-state index contributed by atoms with van der Waals surface area (Å²) in [5.41, 5.74) is 2.13. The van der Waals surface area contributed by atoms with Gasteiger partial charge in [0.15, 0.2) is 6.10 Å². The molecule has 0 saturated heterocycles. The van der Waals surface area contributed by atoms with E-state index in [1.54, 1.807) is 18.2 Å². The second-order valence-corrected chi connectivity index (χ2v) is 9.57. The molecule has 0 N–H and O–H groups in total. The monoisotopic (exact) mass is 486 g/mol. The van der Waals surface area contributed by atoms with Gasteiger partial charge in [-0.2, -0.15) is 0 Å². The van der Waals surface area contributed by atoms with Gasteiger partial charge in [0.2, 0.25) is 11.2 Å². The molecule has 4 aromatic rings. The van der Waals surface area contributed by atoms with Crippen molar-refractivity contribution >= 4 is 16.9 Å². The molecule has 36 heavy (non-hydrogen) atoms. The molecule has 3 aromatic carbocycles. The number of benzene rings is 3. The van der Waals surface area contributed by atoms with E-state index in [2.05, 4.69) is 20.8 Å². The van der Waals surface area contributed by atoms with E-state index < -0.39 is 12.1 Å². The highest BCUT2D eigenvalue weighted by Crippen LogP contribution is 2.28. The van der Waals surface area contributed by atoms with E-state index in [0.717, 1.165) is 5.56 Å². The highest BCUT2D eigenvalue weighted by molar-refractivity contribution is 5.79. The molecule has 0 bridgehead atoms. The van der Waals surface area contributed by atoms with Crippen LogP contribution >= 0.6 is 0 Å². The molecule has 1 heterocycles. The van der Waals surface area contributed by atoms with E-state index in [1.807, 2.05) is 61.5 Å². The summed E-state index contributed by atoms with van der Waals surface area (Å²) < 4.78 is 22.7. The maximum atomic E-state index is 13.0. The zero-order valence-electron chi connectivity index (χ0n) is 20.9. The molecule has 6 heteroatoms. The lowest BCUT2D eigenvalue weighted by molar-refractivity contribution is -0.153. The smallest absolute Gasteiger partial charge is 0.347 e. The third-order valence-corrected chi connectivity index (χ3v) is 5.80. The van der Waals surface area contributed by atoms with E-state index in [0.29, 0.717) is 28.9 Å². The van der Waals surface area contributed by atoms with Crippen molar-refractivity contribution in [3.63, 3.8) is 0 Å². The highest BCUT2D eigenvalue weighted by atomic mass is 16.6. The van der Waals surface area contributed by atoms with Gasteiger partial charge in [-0.25, -0.2) is 4.79 Å². The van der Waals surface area contributed by atoms with Crippen LogP contribution in [0.4, 0.5) is 0 Å². The second-order valence-electron chi connectivity index (χ2n) is 9.57. The lowest BCUT2D eigenvalue weighted by Gasteiger charge is -2.19. The summed E-state index contributed by atoms with van der Waals surface area (Å²) >= 11 is 0. The maximum Gasteiger partial charge on any atom is 0.347 e. The van der Waals surface area contributed by atoms with Crippen LogP contribution < -0.4 is 14.9 Å². The molecule has 0 spiro atoms. The van der Waals surface area contributed by atoms with Gasteiger partial charge in [0.1, 0.15) is 30.0 Å². The quantitative estimate of drug-likeness (QED) is 0.256. The molecule has 0 saturated carbocycles. The molecular formula is C30H30O6. The molecule has 0 radical (unpaired) electrons. The zero-order valence-corrected chi connectivity index (χ0v) is 20.9. The Morgan fingerprint density at radius 1 is 0.944 bits per heavy atom. The first-order valence-corrected chi connectivity index (χ1v) is 12.0. The fraction of sp³-hybridized carbons (Fsp3) is 0.267. The predicted octanol–water partition coefficient (Wildman–Crippen LogP) is 6.78. The molecule has 0 aliphatic rings. The van der Waals surface area contributed by atoms with E-state index in [9.17, 15) is 9.59 Å². The fourth-order valence-corrected chi connectivity index (χ4v) is 3.67. The molecule has 0 amide bonds. The average molecular weight is 487 g/mol. The standard InChI is InChI=1S/C30H30O6/c1-5-25(29(32)34-18-20-9-7-6-8-10-20)36-23-15-16-24-26(17-23)33-19-27(28(24)31)35-22-13-11-21(12-14-22)30(2,3)4/h6-17,19,25H,5,18H2,1-4H3. The first kappa shape index (κ1) is 25.0. The summed E-state index contributed by atoms with van der Waals surface area (Å²) in [5, 5.41) is 0.353. The lowest BCUT2D eigenvalue weighted by atomic mass is 9.87. The van der Waals surface area contributed by atoms with Crippen molar-refractivity contribution in [1.82, 2.24) is 0 Å². The fourth-order valence-electron chi connectivity index (χ4n) is 3.67. The average Bonchev–Trinajstić information content (AvgIpc) is 2.88. The Balaban J connectivity index is 1.46. The molecule has 0 aliphatic carbocycles. The van der Waals surface area contributed by atoms with Crippen molar-refractivity contribution in [2.45, 2.75) is 52.2 Å². The molecule has 4 rings (SSSR count). The first-order chi connectivity index (χ1) is 17.2. The summed E-state index contributed by atoms with van der Waals surface area (Å²) in [4.78, 5) is 25.5. The van der Waals surface area contributed by atoms with Crippen LogP contribution in [-0.2, 0) is 21.6 Å². The number of hydrogen-bond acceptors (Lipinski definition) is 6. The number of carbonyl (C=O) groups excluding carboxylic acids is 1. The molecule has 0 aliphatic heterocycles. The van der Waals surface area contributed by atoms with Crippen LogP contribution in [0.15, 0.2) is 88.3 Å². The summed E-state index contributed by atoms with van der Waals surface area (Å²) in [6.07, 6.45) is 0.935. The SMILES string of the molecule is CCC(Oc1ccc2c(=O)c(Oc3ccc(C(C)(C)C)cc3)coc2c1)C(=O)OCc1ccccc1. The normalized spacial score (nSPS) is 12.2. The minimum absolute atomic E-state index is 0.0235. The topological polar surface area (TPSA) is 75.0 Å². The Morgan fingerprint density at radius 3 is 2.31 bits per heavy atom. The second kappa shape index (κ2) is 10.7. The van der Waals surface area contributed by atoms with E-state index in [1.165, 1.54) is 11.8 Å². The number of rotatable bonds is 8. The molecule has 186 valence electrons. The van der Waals surface area contributed by atoms with Crippen LogP contribution in [0.25, 0.3) is 11.0 Å². The predicted molar refractivity (Wildman–Crippen MR) is 139 cm³/mol. The highest BCUT2D eigenvalue weighted by Gasteiger charge is 2.21. The minimum Gasteiger partial charge on any atom is -0.479 e. The third-order valence-electron chi connectivity index (χ3n) is 5.80. The third kappa shape index (κ3) is 5.95. The van der Waals surface area contributed by atoms with Gasteiger partial charge in [0, 0.05) is 6.07 Å². The van der Waals surface area contributed by atoms with Crippen LogP contribution in [0, 0.1) is 0 Å². The summed E-state index contributed by atoms with van der Waals surface area (Å²) in [5.74, 6) is 0.592. The van der Waals surface area contributed by atoms with Crippen molar-refractivity contribution in [2.24, 2.45) is 0 Å². The maximum absolute atomic E-state index is 13.0. The van der Waals surface area contributed by atoms with Crippen LogP contribution in [0.5, 0.6) is 17.2 Å². The van der Waals surface area contributed by atoms with Crippen LogP contribution in [-0.4, -0.2) is 12.1 Å². The molecular weight excluding hydrogens is 456 g/mol. The van der Waals surface area contributed by atoms with Gasteiger partial charge in [0.25, 0.3) is 0 Å². The van der Waals surface area contributed by atoms with Crippen molar-refractivity contribution < 1.29 is 23.4 Å². The van der Waals surface area contributed by atoms with Crippen molar-refractivity contribution in [3.05, 3.63) is 100 Å². The summed E-state index contributed by atoms with van der Waals surface area (Å²) in [6, 6.07) is 21.9. The largest absolute Gasteiger partial charge is 0.479 e. The Kier molecular flexibility index (Phi) is 7.44. The molecule has 1 atom stereocenters. The van der Waals surface area contributed by atoms with E-state index >= 15 is 0 Å². The van der Waals surface area contributed by atoms with Gasteiger partial charge >= 0.3 is 5.97 Å². The summed E-state index contributed by atoms with van der Waals surface area (Å²) in [7, 11) is 0. The Morgan fingerprint density at radius 2 is 1.64 bits per heavy atom. The van der Waals surface area contributed by atoms with Crippen LogP contribution in [0.3, 0.4) is 0 Å². The zero-order chi connectivity index (χ0) is 25.7. The molecule has 1 unspecified atom stereocenters. The minimum atomic E-state index is -0.781. The van der Waals surface area contributed by atoms with Gasteiger partial charge < -0.3 is 18.6 Å². The lowest BCUT2D eigenvalue weighted by Crippen LogP contribution is -2.28. The number of hydrogen-bond donors (Lipinski definition) is 0. The Hall–Kier alpha value is -4.06. The van der Waals surface area contributed by atoms with Gasteiger partial charge in [0.05, 0.1) is 5.39 Å². The number of esters is 1. The van der Waals surface area contributed by atoms with Crippen LogP contribution in [0.2, 0.25) is 0 Å². The number of carbonyl (C=O) groups is 1. The van der Waals surface area contributed by atoms with E-state index in [4.69, 9.17) is 18.6 Å². The first-order valence-electron chi connectivity index (χ1n) is 12.0. The van der Waals surface area contributed by atoms with Crippen molar-refractivity contribution in [2.75, 3.05) is 0 Å². The summed E-state index contributed by atoms with van der Waals surface area (Å²) in [6.45, 7) is 8.42. The Bertz CT molecular complexity index is 1380. The van der Waals surface area contributed by atoms with Crippen molar-refractivity contribution in [3.8, 4) is 17.2 Å². The van der Waals surface area contributed by atoms with Crippen LogP contribution in [0.1, 0.15) is 45.2 Å². The van der Waals surface area contributed by atoms with Gasteiger partial charge in [-0.1, -0.05) is 70.2 Å².